The zero-order valence-corrected chi connectivity index (χ0v) is 9.80. The molecule has 0 aliphatic rings. The summed E-state index contributed by atoms with van der Waals surface area (Å²) in [4.78, 5) is 12.8. The van der Waals surface area contributed by atoms with Gasteiger partial charge < -0.3 is 4.79 Å². The second-order valence-electron chi connectivity index (χ2n) is 3.83. The smallest absolute Gasteiger partial charge is 0.134 e. The Morgan fingerprint density at radius 1 is 1.38 bits per heavy atom. The Labute approximate surface area is 97.6 Å². The monoisotopic (exact) mass is 217 g/mol. The Bertz CT molecular complexity index is 321. The molecule has 1 aromatic rings. The Balaban J connectivity index is 2.69. The molecule has 0 radical (unpaired) electrons. The molecule has 0 N–H and O–H groups in total. The van der Waals surface area contributed by atoms with Gasteiger partial charge in [0.1, 0.15) is 6.29 Å². The molecule has 0 spiro atoms. The predicted molar refractivity (Wildman–Crippen MR) is 67.3 cm³/mol. The van der Waals surface area contributed by atoms with Gasteiger partial charge in [-0.25, -0.2) is 0 Å². The molecule has 0 heterocycles. The Morgan fingerprint density at radius 3 is 2.62 bits per heavy atom. The first-order valence-corrected chi connectivity index (χ1v) is 5.63. The quantitative estimate of drug-likeness (QED) is 0.517. The van der Waals surface area contributed by atoms with E-state index in [0.717, 1.165) is 19.3 Å². The Hall–Kier alpha value is -1.41. The summed E-state index contributed by atoms with van der Waals surface area (Å²) < 4.78 is 0. The van der Waals surface area contributed by atoms with E-state index >= 15 is 0 Å². The highest BCUT2D eigenvalue weighted by Gasteiger charge is 2.13. The average Bonchev–Trinajstić information content (AvgIpc) is 2.35. The number of hydrogen-bond acceptors (Lipinski definition) is 2. The third-order valence-corrected chi connectivity index (χ3v) is 2.76. The van der Waals surface area contributed by atoms with Crippen LogP contribution in [0.5, 0.6) is 0 Å². The van der Waals surface area contributed by atoms with Gasteiger partial charge in [0, 0.05) is 12.6 Å². The van der Waals surface area contributed by atoms with E-state index in [1.54, 1.807) is 0 Å². The van der Waals surface area contributed by atoms with Gasteiger partial charge in [0.2, 0.25) is 0 Å². The van der Waals surface area contributed by atoms with Gasteiger partial charge in [0.05, 0.1) is 6.54 Å². The van der Waals surface area contributed by atoms with E-state index in [0.29, 0.717) is 6.54 Å². The summed E-state index contributed by atoms with van der Waals surface area (Å²) in [5.74, 6) is 0. The third kappa shape index (κ3) is 3.63. The number of nitrogens with zero attached hydrogens (tertiary/aromatic N) is 1. The van der Waals surface area contributed by atoms with Crippen molar-refractivity contribution in [3.05, 3.63) is 48.6 Å². The van der Waals surface area contributed by atoms with Crippen LogP contribution in [0.4, 0.5) is 0 Å². The number of benzene rings is 1. The van der Waals surface area contributed by atoms with Crippen LogP contribution in [-0.2, 0) is 4.79 Å². The lowest BCUT2D eigenvalue weighted by Gasteiger charge is -2.27. The van der Waals surface area contributed by atoms with Gasteiger partial charge in [-0.1, -0.05) is 36.4 Å². The number of hydrogen-bond donors (Lipinski definition) is 0. The highest BCUT2D eigenvalue weighted by atomic mass is 16.1. The van der Waals surface area contributed by atoms with E-state index in [4.69, 9.17) is 0 Å². The molecule has 86 valence electrons. The van der Waals surface area contributed by atoms with E-state index in [1.165, 1.54) is 5.56 Å². The minimum Gasteiger partial charge on any atom is -0.302 e. The molecule has 1 rings (SSSR count). The minimum atomic E-state index is 0.270. The fraction of sp³-hybridized carbons (Fsp3) is 0.357. The number of aldehydes is 1. The number of carbonyl (C=O) groups excluding carboxylic acids is 1. The van der Waals surface area contributed by atoms with Crippen molar-refractivity contribution in [2.24, 2.45) is 0 Å². The van der Waals surface area contributed by atoms with Gasteiger partial charge in [-0.05, 0) is 18.9 Å². The molecular formula is C14H19NO. The maximum absolute atomic E-state index is 10.6. The lowest BCUT2D eigenvalue weighted by molar-refractivity contribution is -0.109. The van der Waals surface area contributed by atoms with Gasteiger partial charge in [-0.2, -0.15) is 0 Å². The van der Waals surface area contributed by atoms with Crippen molar-refractivity contribution in [2.45, 2.75) is 19.4 Å². The van der Waals surface area contributed by atoms with Gasteiger partial charge >= 0.3 is 0 Å². The molecule has 0 saturated heterocycles. The number of rotatable bonds is 7. The zero-order chi connectivity index (χ0) is 11.8. The topological polar surface area (TPSA) is 20.3 Å². The average molecular weight is 217 g/mol. The van der Waals surface area contributed by atoms with Gasteiger partial charge in [-0.15, -0.1) is 6.58 Å². The van der Waals surface area contributed by atoms with Crippen LogP contribution in [0, 0.1) is 0 Å². The van der Waals surface area contributed by atoms with Crippen LogP contribution in [0.25, 0.3) is 0 Å². The maximum atomic E-state index is 10.6. The van der Waals surface area contributed by atoms with E-state index in [-0.39, 0.29) is 6.04 Å². The largest absolute Gasteiger partial charge is 0.302 e. The molecule has 0 amide bonds. The summed E-state index contributed by atoms with van der Waals surface area (Å²) >= 11 is 0. The second-order valence-corrected chi connectivity index (χ2v) is 3.83. The standard InChI is InChI=1S/C14H19NO/c1-3-4-10-15(11-12-16)13(2)14-8-6-5-7-9-14/h3,5-9,12-13H,1,4,10-11H2,2H3. The second kappa shape index (κ2) is 6.96. The van der Waals surface area contributed by atoms with Crippen LogP contribution < -0.4 is 0 Å². The van der Waals surface area contributed by atoms with Gasteiger partial charge in [0.25, 0.3) is 0 Å². The predicted octanol–water partition coefficient (Wildman–Crippen LogP) is 2.82. The van der Waals surface area contributed by atoms with Crippen molar-refractivity contribution in [3.8, 4) is 0 Å². The van der Waals surface area contributed by atoms with Crippen molar-refractivity contribution >= 4 is 6.29 Å². The van der Waals surface area contributed by atoms with Crippen molar-refractivity contribution in [1.82, 2.24) is 4.90 Å². The van der Waals surface area contributed by atoms with Gasteiger partial charge in [-0.3, -0.25) is 4.90 Å². The molecule has 0 aliphatic carbocycles. The van der Waals surface area contributed by atoms with Crippen LogP contribution >= 0.6 is 0 Å². The SMILES string of the molecule is C=CCCN(CC=O)C(C)c1ccccc1. The molecule has 2 heteroatoms. The highest BCUT2D eigenvalue weighted by molar-refractivity contribution is 5.52. The molecule has 0 aromatic heterocycles. The van der Waals surface area contributed by atoms with Crippen LogP contribution in [0.1, 0.15) is 24.9 Å². The maximum Gasteiger partial charge on any atom is 0.134 e. The van der Waals surface area contributed by atoms with Crippen LogP contribution in [0.3, 0.4) is 0 Å². The molecule has 0 aliphatic heterocycles. The fourth-order valence-electron chi connectivity index (χ4n) is 1.74. The first-order chi connectivity index (χ1) is 7.79. The van der Waals surface area contributed by atoms with Crippen molar-refractivity contribution in [2.75, 3.05) is 13.1 Å². The van der Waals surface area contributed by atoms with E-state index in [1.807, 2.05) is 24.3 Å². The lowest BCUT2D eigenvalue weighted by atomic mass is 10.1. The van der Waals surface area contributed by atoms with E-state index in [9.17, 15) is 4.79 Å². The third-order valence-electron chi connectivity index (χ3n) is 2.76. The van der Waals surface area contributed by atoms with Gasteiger partial charge in [0.15, 0.2) is 0 Å². The van der Waals surface area contributed by atoms with E-state index in [2.05, 4.69) is 30.5 Å². The molecule has 0 saturated carbocycles. The fourth-order valence-corrected chi connectivity index (χ4v) is 1.74. The van der Waals surface area contributed by atoms with E-state index < -0.39 is 0 Å². The number of carbonyl (C=O) groups is 1. The Kier molecular flexibility index (Phi) is 5.51. The first kappa shape index (κ1) is 12.7. The molecule has 16 heavy (non-hydrogen) atoms. The lowest BCUT2D eigenvalue weighted by Crippen LogP contribution is -2.29. The van der Waals surface area contributed by atoms with Crippen LogP contribution in [0.15, 0.2) is 43.0 Å². The molecule has 2 nitrogen and oxygen atoms in total. The summed E-state index contributed by atoms with van der Waals surface area (Å²) in [6, 6.07) is 10.5. The molecule has 0 bridgehead atoms. The van der Waals surface area contributed by atoms with Crippen LogP contribution in [-0.4, -0.2) is 24.3 Å². The Morgan fingerprint density at radius 2 is 2.06 bits per heavy atom. The molecular weight excluding hydrogens is 198 g/mol. The molecule has 1 unspecified atom stereocenters. The first-order valence-electron chi connectivity index (χ1n) is 5.63. The zero-order valence-electron chi connectivity index (χ0n) is 9.80. The normalized spacial score (nSPS) is 12.4. The highest BCUT2D eigenvalue weighted by Crippen LogP contribution is 2.19. The molecule has 0 fully saturated rings. The minimum absolute atomic E-state index is 0.270. The molecule has 1 aromatic carbocycles. The van der Waals surface area contributed by atoms with Crippen molar-refractivity contribution in [3.63, 3.8) is 0 Å². The summed E-state index contributed by atoms with van der Waals surface area (Å²) in [7, 11) is 0. The summed E-state index contributed by atoms with van der Waals surface area (Å²) in [6.07, 6.45) is 3.75. The van der Waals surface area contributed by atoms with Crippen molar-refractivity contribution in [1.29, 1.82) is 0 Å². The summed E-state index contributed by atoms with van der Waals surface area (Å²) in [5.41, 5.74) is 1.24. The summed E-state index contributed by atoms with van der Waals surface area (Å²) in [6.45, 7) is 7.19. The van der Waals surface area contributed by atoms with Crippen LogP contribution in [0.2, 0.25) is 0 Å². The van der Waals surface area contributed by atoms with Crippen molar-refractivity contribution < 1.29 is 4.79 Å². The summed E-state index contributed by atoms with van der Waals surface area (Å²) in [5, 5.41) is 0. The molecule has 1 atom stereocenters.